The van der Waals surface area contributed by atoms with E-state index in [0.717, 1.165) is 18.4 Å². The monoisotopic (exact) mass is 546 g/mol. The van der Waals surface area contributed by atoms with Crippen molar-refractivity contribution in [1.82, 2.24) is 4.90 Å². The zero-order chi connectivity index (χ0) is 26.7. The molecule has 5 atom stereocenters. The number of aliphatic hydroxyl groups is 1. The number of hydrogen-bond acceptors (Lipinski definition) is 6. The first-order valence-corrected chi connectivity index (χ1v) is 14.1. The molecule has 1 aromatic carbocycles. The fourth-order valence-corrected chi connectivity index (χ4v) is 8.74. The number of hydrogen-bond donors (Lipinski definition) is 1. The van der Waals surface area contributed by atoms with Gasteiger partial charge in [0, 0.05) is 24.9 Å². The molecule has 0 aromatic heterocycles. The number of halogens is 1. The molecule has 7 nitrogen and oxygen atoms in total. The van der Waals surface area contributed by atoms with Crippen molar-refractivity contribution in [2.75, 3.05) is 31.2 Å². The molecule has 0 radical (unpaired) electrons. The number of rotatable bonds is 12. The summed E-state index contributed by atoms with van der Waals surface area (Å²) < 4.78 is 4.87. The van der Waals surface area contributed by atoms with Gasteiger partial charge in [-0.2, -0.15) is 0 Å². The van der Waals surface area contributed by atoms with E-state index in [-0.39, 0.29) is 49.3 Å². The molecule has 1 spiro atoms. The van der Waals surface area contributed by atoms with E-state index in [0.29, 0.717) is 30.0 Å². The lowest BCUT2D eigenvalue weighted by Crippen LogP contribution is -2.55. The van der Waals surface area contributed by atoms with E-state index < -0.39 is 22.6 Å². The number of carbonyl (C=O) groups excluding carboxylic acids is 3. The third-order valence-electron chi connectivity index (χ3n) is 7.70. The number of carbonyl (C=O) groups is 3. The number of esters is 1. The Morgan fingerprint density at radius 3 is 2.78 bits per heavy atom. The number of unbranched alkanes of at least 4 members (excludes halogenated alkanes) is 1. The molecule has 1 aromatic rings. The van der Waals surface area contributed by atoms with Crippen molar-refractivity contribution in [3.8, 4) is 0 Å². The second-order valence-electron chi connectivity index (χ2n) is 9.91. The van der Waals surface area contributed by atoms with Gasteiger partial charge >= 0.3 is 5.97 Å². The topological polar surface area (TPSA) is 87.1 Å². The molecule has 4 rings (SSSR count). The standard InChI is InChI=1S/C28H35ClN2O5S/c1-4-6-7-17-36-27(35)21-20-12-13-28(37-20)22(21)25(33)31(15-9-16-32)24(28)26(34)30(14-5-2)23-18(3)10-8-11-19(23)29/h4-5,8,10-11,20-22,24,32H,1-2,6-7,9,12-17H2,3H3/t20-,21+,22+,24?,28?/m1/s1. The van der Waals surface area contributed by atoms with Gasteiger partial charge in [0.05, 0.1) is 33.9 Å². The maximum atomic E-state index is 14.4. The van der Waals surface area contributed by atoms with E-state index in [1.807, 2.05) is 19.1 Å². The van der Waals surface area contributed by atoms with E-state index in [1.54, 1.807) is 39.8 Å². The van der Waals surface area contributed by atoms with E-state index >= 15 is 0 Å². The highest BCUT2D eigenvalue weighted by atomic mass is 35.5. The number of likely N-dealkylation sites (tertiary alicyclic amines) is 1. The summed E-state index contributed by atoms with van der Waals surface area (Å²) >= 11 is 8.17. The first kappa shape index (κ1) is 27.7. The molecule has 0 aliphatic carbocycles. The fourth-order valence-electron chi connectivity index (χ4n) is 6.21. The summed E-state index contributed by atoms with van der Waals surface area (Å²) in [4.78, 5) is 44.8. The molecule has 200 valence electrons. The van der Waals surface area contributed by atoms with Gasteiger partial charge in [-0.05, 0) is 50.7 Å². The Labute approximate surface area is 227 Å². The van der Waals surface area contributed by atoms with Crippen LogP contribution in [0.1, 0.15) is 37.7 Å². The van der Waals surface area contributed by atoms with Crippen LogP contribution >= 0.6 is 23.4 Å². The van der Waals surface area contributed by atoms with Gasteiger partial charge < -0.3 is 19.6 Å². The number of anilines is 1. The maximum absolute atomic E-state index is 14.4. The second-order valence-corrected chi connectivity index (χ2v) is 11.9. The number of para-hydroxylation sites is 1. The Morgan fingerprint density at radius 1 is 1.32 bits per heavy atom. The number of benzene rings is 1. The molecule has 0 saturated carbocycles. The average molecular weight is 547 g/mol. The van der Waals surface area contributed by atoms with E-state index in [9.17, 15) is 19.5 Å². The molecule has 3 saturated heterocycles. The molecule has 3 aliphatic heterocycles. The Bertz CT molecular complexity index is 1060. The van der Waals surface area contributed by atoms with Gasteiger partial charge in [-0.25, -0.2) is 0 Å². The minimum Gasteiger partial charge on any atom is -0.465 e. The molecular formula is C28H35ClN2O5S. The molecule has 1 N–H and O–H groups in total. The van der Waals surface area contributed by atoms with E-state index in [2.05, 4.69) is 13.2 Å². The van der Waals surface area contributed by atoms with E-state index in [1.165, 1.54) is 0 Å². The minimum atomic E-state index is -0.777. The van der Waals surface area contributed by atoms with Gasteiger partial charge in [-0.1, -0.05) is 35.9 Å². The van der Waals surface area contributed by atoms with Crippen molar-refractivity contribution in [1.29, 1.82) is 0 Å². The molecule has 37 heavy (non-hydrogen) atoms. The maximum Gasteiger partial charge on any atom is 0.310 e. The third kappa shape index (κ3) is 4.84. The van der Waals surface area contributed by atoms with Crippen LogP contribution in [-0.2, 0) is 19.1 Å². The van der Waals surface area contributed by atoms with Gasteiger partial charge in [-0.3, -0.25) is 14.4 Å². The number of ether oxygens (including phenoxy) is 1. The van der Waals surface area contributed by atoms with Crippen molar-refractivity contribution >= 4 is 46.8 Å². The first-order chi connectivity index (χ1) is 17.8. The van der Waals surface area contributed by atoms with Crippen LogP contribution in [0.25, 0.3) is 0 Å². The van der Waals surface area contributed by atoms with Crippen molar-refractivity contribution in [2.24, 2.45) is 11.8 Å². The van der Waals surface area contributed by atoms with Gasteiger partial charge in [-0.15, -0.1) is 24.9 Å². The number of fused-ring (bicyclic) bond motifs is 1. The normalized spacial score (nSPS) is 27.8. The van der Waals surface area contributed by atoms with Gasteiger partial charge in [0.15, 0.2) is 0 Å². The average Bonchev–Trinajstić information content (AvgIpc) is 3.51. The smallest absolute Gasteiger partial charge is 0.310 e. The highest BCUT2D eigenvalue weighted by Crippen LogP contribution is 2.66. The van der Waals surface area contributed by atoms with Crippen LogP contribution in [-0.4, -0.2) is 70.1 Å². The van der Waals surface area contributed by atoms with Crippen LogP contribution in [0, 0.1) is 18.8 Å². The largest absolute Gasteiger partial charge is 0.465 e. The first-order valence-electron chi connectivity index (χ1n) is 12.9. The number of aryl methyl sites for hydroxylation is 1. The SMILES string of the molecule is C=CCCCOC(=O)[C@@H]1[C@H]2C(=O)N(CCCO)C(C(=O)N(CC=C)c3c(C)cccc3Cl)C23CC[C@H]1S3. The summed E-state index contributed by atoms with van der Waals surface area (Å²) in [5.41, 5.74) is 1.44. The summed E-state index contributed by atoms with van der Waals surface area (Å²) in [6.45, 7) is 10.1. The van der Waals surface area contributed by atoms with Crippen molar-refractivity contribution in [3.63, 3.8) is 0 Å². The fraction of sp³-hybridized carbons (Fsp3) is 0.536. The molecule has 3 fully saturated rings. The molecular weight excluding hydrogens is 512 g/mol. The van der Waals surface area contributed by atoms with Gasteiger partial charge in [0.2, 0.25) is 5.91 Å². The molecule has 9 heteroatoms. The number of aliphatic hydroxyl groups excluding tert-OH is 1. The number of nitrogens with zero attached hydrogens (tertiary/aromatic N) is 2. The number of amides is 2. The highest BCUT2D eigenvalue weighted by Gasteiger charge is 2.74. The minimum absolute atomic E-state index is 0.0638. The van der Waals surface area contributed by atoms with Gasteiger partial charge in [0.1, 0.15) is 6.04 Å². The van der Waals surface area contributed by atoms with Crippen LogP contribution < -0.4 is 4.90 Å². The van der Waals surface area contributed by atoms with Crippen molar-refractivity contribution < 1.29 is 24.2 Å². The van der Waals surface area contributed by atoms with Gasteiger partial charge in [0.25, 0.3) is 5.91 Å². The predicted octanol–water partition coefficient (Wildman–Crippen LogP) is 4.15. The van der Waals surface area contributed by atoms with Crippen LogP contribution in [0.5, 0.6) is 0 Å². The Morgan fingerprint density at radius 2 is 2.11 bits per heavy atom. The Kier molecular flexibility index (Phi) is 8.71. The lowest BCUT2D eigenvalue weighted by Gasteiger charge is -2.37. The summed E-state index contributed by atoms with van der Waals surface area (Å²) in [5, 5.41) is 9.93. The molecule has 2 unspecified atom stereocenters. The summed E-state index contributed by atoms with van der Waals surface area (Å²) in [7, 11) is 0. The zero-order valence-electron chi connectivity index (χ0n) is 21.2. The predicted molar refractivity (Wildman–Crippen MR) is 147 cm³/mol. The molecule has 2 amide bonds. The summed E-state index contributed by atoms with van der Waals surface area (Å²) in [6.07, 6.45) is 6.60. The van der Waals surface area contributed by atoms with Crippen LogP contribution in [0.15, 0.2) is 43.5 Å². The number of thioether (sulfide) groups is 1. The van der Waals surface area contributed by atoms with Crippen LogP contribution in [0.3, 0.4) is 0 Å². The highest BCUT2D eigenvalue weighted by molar-refractivity contribution is 8.02. The van der Waals surface area contributed by atoms with Crippen molar-refractivity contribution in [2.45, 2.75) is 55.1 Å². The summed E-state index contributed by atoms with van der Waals surface area (Å²) in [5.74, 6) is -2.02. The Balaban J connectivity index is 1.71. The summed E-state index contributed by atoms with van der Waals surface area (Å²) in [6, 6.07) is 4.69. The second kappa shape index (κ2) is 11.6. The number of allylic oxidation sites excluding steroid dienone is 1. The van der Waals surface area contributed by atoms with Crippen molar-refractivity contribution in [3.05, 3.63) is 54.1 Å². The molecule has 3 aliphatic rings. The van der Waals surface area contributed by atoms with Crippen LogP contribution in [0.2, 0.25) is 5.02 Å². The quantitative estimate of drug-likeness (QED) is 0.241. The lowest BCUT2D eigenvalue weighted by molar-refractivity contribution is -0.154. The van der Waals surface area contributed by atoms with Crippen LogP contribution in [0.4, 0.5) is 5.69 Å². The molecule has 3 heterocycles. The van der Waals surface area contributed by atoms with E-state index in [4.69, 9.17) is 16.3 Å². The third-order valence-corrected chi connectivity index (χ3v) is 9.95. The molecule has 2 bridgehead atoms. The zero-order valence-corrected chi connectivity index (χ0v) is 22.8. The lowest BCUT2D eigenvalue weighted by atomic mass is 9.71. The Hall–Kier alpha value is -2.29.